The first-order valence-electron chi connectivity index (χ1n) is 7.29. The van der Waals surface area contributed by atoms with E-state index >= 15 is 0 Å². The lowest BCUT2D eigenvalue weighted by Gasteiger charge is -2.28. The molecule has 0 saturated heterocycles. The van der Waals surface area contributed by atoms with Gasteiger partial charge in [-0.15, -0.1) is 0 Å². The molecule has 0 spiro atoms. The van der Waals surface area contributed by atoms with Crippen LogP contribution in [0.5, 0.6) is 0 Å². The molecule has 1 aliphatic carbocycles. The minimum Gasteiger partial charge on any atom is -0.310 e. The van der Waals surface area contributed by atoms with E-state index in [2.05, 4.69) is 37.4 Å². The van der Waals surface area contributed by atoms with Crippen LogP contribution in [0.1, 0.15) is 56.8 Å². The molecule has 1 saturated carbocycles. The van der Waals surface area contributed by atoms with Crippen molar-refractivity contribution < 1.29 is 0 Å². The quantitative estimate of drug-likeness (QED) is 0.888. The van der Waals surface area contributed by atoms with Crippen molar-refractivity contribution in [3.63, 3.8) is 0 Å². The maximum atomic E-state index is 4.42. The van der Waals surface area contributed by atoms with Gasteiger partial charge in [-0.2, -0.15) is 5.10 Å². The van der Waals surface area contributed by atoms with Gasteiger partial charge in [-0.3, -0.25) is 4.68 Å². The first kappa shape index (κ1) is 13.6. The molecule has 18 heavy (non-hydrogen) atoms. The van der Waals surface area contributed by atoms with E-state index in [4.69, 9.17) is 0 Å². The van der Waals surface area contributed by atoms with E-state index < -0.39 is 0 Å². The van der Waals surface area contributed by atoms with Gasteiger partial charge in [0.2, 0.25) is 0 Å². The first-order chi connectivity index (χ1) is 8.56. The molecule has 2 rings (SSSR count). The Hall–Kier alpha value is -0.830. The third kappa shape index (κ3) is 3.35. The SMILES string of the molecule is Cc1nn(C)cc1C(C)NCC1CCCC(C)C1. The first-order valence-corrected chi connectivity index (χ1v) is 7.29. The summed E-state index contributed by atoms with van der Waals surface area (Å²) in [5, 5.41) is 8.11. The molecule has 1 fully saturated rings. The predicted octanol–water partition coefficient (Wildman–Crippen LogP) is 3.21. The van der Waals surface area contributed by atoms with E-state index in [9.17, 15) is 0 Å². The van der Waals surface area contributed by atoms with Crippen LogP contribution in [0.4, 0.5) is 0 Å². The van der Waals surface area contributed by atoms with Gasteiger partial charge in [0.1, 0.15) is 0 Å². The van der Waals surface area contributed by atoms with Crippen molar-refractivity contribution in [2.45, 2.75) is 52.5 Å². The summed E-state index contributed by atoms with van der Waals surface area (Å²) >= 11 is 0. The molecular formula is C15H27N3. The van der Waals surface area contributed by atoms with Crippen LogP contribution in [0.2, 0.25) is 0 Å². The van der Waals surface area contributed by atoms with Crippen LogP contribution in [0, 0.1) is 18.8 Å². The van der Waals surface area contributed by atoms with Crippen LogP contribution in [-0.2, 0) is 7.05 Å². The highest BCUT2D eigenvalue weighted by Crippen LogP contribution is 2.28. The molecule has 0 radical (unpaired) electrons. The molecule has 0 aliphatic heterocycles. The number of hydrogen-bond acceptors (Lipinski definition) is 2. The molecule has 1 aliphatic rings. The number of rotatable bonds is 4. The summed E-state index contributed by atoms with van der Waals surface area (Å²) < 4.78 is 1.91. The van der Waals surface area contributed by atoms with Crippen LogP contribution in [0.3, 0.4) is 0 Å². The van der Waals surface area contributed by atoms with E-state index in [-0.39, 0.29) is 0 Å². The van der Waals surface area contributed by atoms with Crippen molar-refractivity contribution >= 4 is 0 Å². The summed E-state index contributed by atoms with van der Waals surface area (Å²) in [5.74, 6) is 1.79. The summed E-state index contributed by atoms with van der Waals surface area (Å²) in [6, 6.07) is 0.413. The molecule has 3 unspecified atom stereocenters. The van der Waals surface area contributed by atoms with Crippen LogP contribution >= 0.6 is 0 Å². The van der Waals surface area contributed by atoms with Gasteiger partial charge in [0.05, 0.1) is 5.69 Å². The zero-order valence-electron chi connectivity index (χ0n) is 12.2. The Balaban J connectivity index is 1.84. The van der Waals surface area contributed by atoms with Gasteiger partial charge in [-0.05, 0) is 45.1 Å². The maximum Gasteiger partial charge on any atom is 0.0641 e. The monoisotopic (exact) mass is 249 g/mol. The number of hydrogen-bond donors (Lipinski definition) is 1. The lowest BCUT2D eigenvalue weighted by atomic mass is 9.82. The lowest BCUT2D eigenvalue weighted by molar-refractivity contribution is 0.268. The maximum absolute atomic E-state index is 4.42. The summed E-state index contributed by atoms with van der Waals surface area (Å²) in [4.78, 5) is 0. The summed E-state index contributed by atoms with van der Waals surface area (Å²) in [7, 11) is 1.99. The van der Waals surface area contributed by atoms with Gasteiger partial charge < -0.3 is 5.32 Å². The Morgan fingerprint density at radius 2 is 2.28 bits per heavy atom. The number of nitrogens with one attached hydrogen (secondary N) is 1. The van der Waals surface area contributed by atoms with Gasteiger partial charge in [0, 0.05) is 24.8 Å². The van der Waals surface area contributed by atoms with Crippen molar-refractivity contribution in [1.82, 2.24) is 15.1 Å². The van der Waals surface area contributed by atoms with Gasteiger partial charge in [0.15, 0.2) is 0 Å². The highest BCUT2D eigenvalue weighted by atomic mass is 15.3. The lowest BCUT2D eigenvalue weighted by Crippen LogP contribution is -2.28. The summed E-state index contributed by atoms with van der Waals surface area (Å²) in [6.07, 6.45) is 7.76. The Morgan fingerprint density at radius 3 is 2.89 bits per heavy atom. The van der Waals surface area contributed by atoms with Crippen LogP contribution in [-0.4, -0.2) is 16.3 Å². The van der Waals surface area contributed by atoms with Crippen LogP contribution in [0.15, 0.2) is 6.20 Å². The molecule has 102 valence electrons. The minimum absolute atomic E-state index is 0.413. The van der Waals surface area contributed by atoms with Gasteiger partial charge in [-0.25, -0.2) is 0 Å². The fraction of sp³-hybridized carbons (Fsp3) is 0.800. The molecule has 1 heterocycles. The third-order valence-electron chi connectivity index (χ3n) is 4.28. The molecule has 3 nitrogen and oxygen atoms in total. The van der Waals surface area contributed by atoms with Crippen LogP contribution < -0.4 is 5.32 Å². The fourth-order valence-electron chi connectivity index (χ4n) is 3.24. The third-order valence-corrected chi connectivity index (χ3v) is 4.28. The second kappa shape index (κ2) is 5.87. The van der Waals surface area contributed by atoms with Crippen molar-refractivity contribution in [2.75, 3.05) is 6.54 Å². The molecule has 0 bridgehead atoms. The average molecular weight is 249 g/mol. The number of aromatic nitrogens is 2. The zero-order valence-corrected chi connectivity index (χ0v) is 12.2. The molecule has 3 heteroatoms. The number of aryl methyl sites for hydroxylation is 2. The highest BCUT2D eigenvalue weighted by Gasteiger charge is 2.20. The van der Waals surface area contributed by atoms with Crippen molar-refractivity contribution in [1.29, 1.82) is 0 Å². The molecule has 1 aromatic rings. The van der Waals surface area contributed by atoms with E-state index in [0.29, 0.717) is 6.04 Å². The predicted molar refractivity (Wildman–Crippen MR) is 75.5 cm³/mol. The van der Waals surface area contributed by atoms with E-state index in [1.54, 1.807) is 0 Å². The minimum atomic E-state index is 0.413. The Bertz CT molecular complexity index is 383. The second-order valence-electron chi connectivity index (χ2n) is 6.11. The summed E-state index contributed by atoms with van der Waals surface area (Å²) in [5.41, 5.74) is 2.48. The molecule has 0 aromatic carbocycles. The molecular weight excluding hydrogens is 222 g/mol. The van der Waals surface area contributed by atoms with Crippen molar-refractivity contribution in [3.8, 4) is 0 Å². The van der Waals surface area contributed by atoms with Gasteiger partial charge >= 0.3 is 0 Å². The zero-order chi connectivity index (χ0) is 13.1. The Labute approximate surface area is 111 Å². The standard InChI is InChI=1S/C15H27N3/c1-11-6-5-7-14(8-11)9-16-12(2)15-10-18(4)17-13(15)3/h10-12,14,16H,5-9H2,1-4H3. The van der Waals surface area contributed by atoms with Gasteiger partial charge in [-0.1, -0.05) is 19.8 Å². The van der Waals surface area contributed by atoms with E-state index in [0.717, 1.165) is 24.1 Å². The van der Waals surface area contributed by atoms with Crippen LogP contribution in [0.25, 0.3) is 0 Å². The molecule has 1 N–H and O–H groups in total. The highest BCUT2D eigenvalue weighted by molar-refractivity contribution is 5.19. The molecule has 1 aromatic heterocycles. The van der Waals surface area contributed by atoms with E-state index in [1.165, 1.54) is 31.2 Å². The smallest absolute Gasteiger partial charge is 0.0641 e. The molecule has 3 atom stereocenters. The fourth-order valence-corrected chi connectivity index (χ4v) is 3.24. The second-order valence-corrected chi connectivity index (χ2v) is 6.11. The summed E-state index contributed by atoms with van der Waals surface area (Å²) in [6.45, 7) is 7.88. The normalized spacial score (nSPS) is 26.2. The van der Waals surface area contributed by atoms with E-state index in [1.807, 2.05) is 11.7 Å². The Morgan fingerprint density at radius 1 is 1.50 bits per heavy atom. The van der Waals surface area contributed by atoms with Gasteiger partial charge in [0.25, 0.3) is 0 Å². The number of nitrogens with zero attached hydrogens (tertiary/aromatic N) is 2. The largest absolute Gasteiger partial charge is 0.310 e. The van der Waals surface area contributed by atoms with Crippen molar-refractivity contribution in [2.24, 2.45) is 18.9 Å². The molecule has 0 amide bonds. The Kier molecular flexibility index (Phi) is 4.44. The van der Waals surface area contributed by atoms with Crippen molar-refractivity contribution in [3.05, 3.63) is 17.5 Å². The topological polar surface area (TPSA) is 29.9 Å². The average Bonchev–Trinajstić information content (AvgIpc) is 2.66.